The molecule has 0 bridgehead atoms. The second kappa shape index (κ2) is 6.95. The van der Waals surface area contributed by atoms with Gasteiger partial charge in [-0.1, -0.05) is 34.5 Å². The highest BCUT2D eigenvalue weighted by atomic mass is 32.2. The van der Waals surface area contributed by atoms with Crippen LogP contribution in [0.15, 0.2) is 28.8 Å². The monoisotopic (exact) mass is 336 g/mol. The van der Waals surface area contributed by atoms with Crippen LogP contribution >= 0.6 is 0 Å². The predicted octanol–water partition coefficient (Wildman–Crippen LogP) is 2.54. The SMILES string of the molecule is Cc1cc(C)cc(CS(=O)(=O)CCC(=O)Nc2cc(C)on2)c1. The van der Waals surface area contributed by atoms with E-state index in [2.05, 4.69) is 10.5 Å². The number of aryl methyl sites for hydroxylation is 3. The van der Waals surface area contributed by atoms with Gasteiger partial charge in [0.15, 0.2) is 15.7 Å². The van der Waals surface area contributed by atoms with Crippen LogP contribution < -0.4 is 5.32 Å². The van der Waals surface area contributed by atoms with Gasteiger partial charge in [0.25, 0.3) is 0 Å². The molecular formula is C16H20N2O4S. The zero-order valence-corrected chi connectivity index (χ0v) is 14.2. The second-order valence-electron chi connectivity index (χ2n) is 5.71. The van der Waals surface area contributed by atoms with Crippen LogP contribution in [0, 0.1) is 20.8 Å². The Morgan fingerprint density at radius 2 is 1.78 bits per heavy atom. The molecule has 0 saturated heterocycles. The molecule has 0 unspecified atom stereocenters. The molecule has 1 aromatic carbocycles. The van der Waals surface area contributed by atoms with Gasteiger partial charge in [0, 0.05) is 12.5 Å². The van der Waals surface area contributed by atoms with Crippen molar-refractivity contribution in [3.8, 4) is 0 Å². The summed E-state index contributed by atoms with van der Waals surface area (Å²) >= 11 is 0. The maximum Gasteiger partial charge on any atom is 0.226 e. The lowest BCUT2D eigenvalue weighted by Gasteiger charge is -2.07. The first kappa shape index (κ1) is 17.2. The number of benzene rings is 1. The van der Waals surface area contributed by atoms with Crippen LogP contribution in [0.4, 0.5) is 5.82 Å². The van der Waals surface area contributed by atoms with Gasteiger partial charge in [-0.25, -0.2) is 8.42 Å². The lowest BCUT2D eigenvalue weighted by Crippen LogP contribution is -2.18. The van der Waals surface area contributed by atoms with Crippen LogP contribution in [0.3, 0.4) is 0 Å². The Kier molecular flexibility index (Phi) is 5.20. The molecule has 1 aromatic heterocycles. The van der Waals surface area contributed by atoms with E-state index in [0.717, 1.165) is 16.7 Å². The molecule has 124 valence electrons. The zero-order chi connectivity index (χ0) is 17.0. The number of hydrogen-bond donors (Lipinski definition) is 1. The lowest BCUT2D eigenvalue weighted by molar-refractivity contribution is -0.115. The van der Waals surface area contributed by atoms with Crippen molar-refractivity contribution in [2.24, 2.45) is 0 Å². The lowest BCUT2D eigenvalue weighted by atomic mass is 10.1. The fourth-order valence-electron chi connectivity index (χ4n) is 2.36. The summed E-state index contributed by atoms with van der Waals surface area (Å²) in [6.45, 7) is 5.56. The fraction of sp³-hybridized carbons (Fsp3) is 0.375. The van der Waals surface area contributed by atoms with Crippen molar-refractivity contribution >= 4 is 21.6 Å². The molecule has 0 atom stereocenters. The molecule has 2 aromatic rings. The Labute approximate surface area is 135 Å². The molecule has 1 heterocycles. The van der Waals surface area contributed by atoms with Crippen molar-refractivity contribution in [2.75, 3.05) is 11.1 Å². The number of carbonyl (C=O) groups is 1. The number of carbonyl (C=O) groups excluding carboxylic acids is 1. The zero-order valence-electron chi connectivity index (χ0n) is 13.4. The van der Waals surface area contributed by atoms with E-state index in [9.17, 15) is 13.2 Å². The standard InChI is InChI=1S/C16H20N2O4S/c1-11-6-12(2)8-14(7-11)10-23(20,21)5-4-16(19)17-15-9-13(3)22-18-15/h6-9H,4-5,10H2,1-3H3,(H,17,18,19). The number of nitrogens with zero attached hydrogens (tertiary/aromatic N) is 1. The van der Waals surface area contributed by atoms with Crippen LogP contribution in [-0.4, -0.2) is 25.2 Å². The number of nitrogens with one attached hydrogen (secondary N) is 1. The van der Waals surface area contributed by atoms with Crippen LogP contribution in [0.2, 0.25) is 0 Å². The Morgan fingerprint density at radius 3 is 2.35 bits per heavy atom. The van der Waals surface area contributed by atoms with Crippen molar-refractivity contribution < 1.29 is 17.7 Å². The molecule has 0 saturated carbocycles. The van der Waals surface area contributed by atoms with E-state index >= 15 is 0 Å². The number of hydrogen-bond acceptors (Lipinski definition) is 5. The van der Waals surface area contributed by atoms with Crippen molar-refractivity contribution in [3.05, 3.63) is 46.7 Å². The van der Waals surface area contributed by atoms with Crippen molar-refractivity contribution in [1.82, 2.24) is 5.16 Å². The largest absolute Gasteiger partial charge is 0.360 e. The van der Waals surface area contributed by atoms with Gasteiger partial charge in [0.05, 0.1) is 11.5 Å². The third-order valence-electron chi connectivity index (χ3n) is 3.20. The minimum Gasteiger partial charge on any atom is -0.360 e. The summed E-state index contributed by atoms with van der Waals surface area (Å²) in [5.74, 6) is 0.193. The summed E-state index contributed by atoms with van der Waals surface area (Å²) < 4.78 is 29.2. The predicted molar refractivity (Wildman–Crippen MR) is 87.9 cm³/mol. The van der Waals surface area contributed by atoms with Gasteiger partial charge in [-0.15, -0.1) is 0 Å². The molecular weight excluding hydrogens is 316 g/mol. The third-order valence-corrected chi connectivity index (χ3v) is 4.80. The topological polar surface area (TPSA) is 89.3 Å². The summed E-state index contributed by atoms with van der Waals surface area (Å²) in [6.07, 6.45) is -0.112. The highest BCUT2D eigenvalue weighted by molar-refractivity contribution is 7.90. The minimum atomic E-state index is -3.35. The average molecular weight is 336 g/mol. The molecule has 0 radical (unpaired) electrons. The molecule has 1 amide bonds. The van der Waals surface area contributed by atoms with Crippen molar-refractivity contribution in [1.29, 1.82) is 0 Å². The third kappa shape index (κ3) is 5.52. The summed E-state index contributed by atoms with van der Waals surface area (Å²) in [5.41, 5.74) is 2.79. The summed E-state index contributed by atoms with van der Waals surface area (Å²) in [7, 11) is -3.35. The van der Waals surface area contributed by atoms with E-state index in [1.807, 2.05) is 32.0 Å². The van der Waals surface area contributed by atoms with Crippen LogP contribution in [0.1, 0.15) is 28.9 Å². The molecule has 0 aliphatic heterocycles. The maximum absolute atomic E-state index is 12.2. The number of sulfone groups is 1. The maximum atomic E-state index is 12.2. The smallest absolute Gasteiger partial charge is 0.226 e. The van der Waals surface area contributed by atoms with Gasteiger partial charge in [-0.3, -0.25) is 4.79 Å². The highest BCUT2D eigenvalue weighted by Gasteiger charge is 2.16. The number of rotatable bonds is 6. The Bertz CT molecular complexity index is 789. The van der Waals surface area contributed by atoms with Crippen molar-refractivity contribution in [3.63, 3.8) is 0 Å². The number of aromatic nitrogens is 1. The van der Waals surface area contributed by atoms with E-state index in [1.54, 1.807) is 13.0 Å². The van der Waals surface area contributed by atoms with Crippen LogP contribution in [0.5, 0.6) is 0 Å². The molecule has 1 N–H and O–H groups in total. The average Bonchev–Trinajstić information content (AvgIpc) is 2.80. The molecule has 0 aliphatic carbocycles. The quantitative estimate of drug-likeness (QED) is 0.875. The van der Waals surface area contributed by atoms with Gasteiger partial charge in [-0.05, 0) is 26.3 Å². The van der Waals surface area contributed by atoms with E-state index in [0.29, 0.717) is 11.6 Å². The molecule has 6 nitrogen and oxygen atoms in total. The van der Waals surface area contributed by atoms with E-state index in [-0.39, 0.29) is 17.9 Å². The Hall–Kier alpha value is -2.15. The van der Waals surface area contributed by atoms with Gasteiger partial charge in [0.2, 0.25) is 5.91 Å². The first-order valence-electron chi connectivity index (χ1n) is 7.24. The fourth-order valence-corrected chi connectivity index (χ4v) is 3.67. The Morgan fingerprint density at radius 1 is 1.13 bits per heavy atom. The number of anilines is 1. The molecule has 0 spiro atoms. The van der Waals surface area contributed by atoms with Crippen LogP contribution in [-0.2, 0) is 20.4 Å². The molecule has 2 rings (SSSR count). The molecule has 23 heavy (non-hydrogen) atoms. The molecule has 0 fully saturated rings. The van der Waals surface area contributed by atoms with E-state index < -0.39 is 15.7 Å². The number of amides is 1. The Balaban J connectivity index is 1.91. The summed E-state index contributed by atoms with van der Waals surface area (Å²) in [5, 5.41) is 6.14. The van der Waals surface area contributed by atoms with Gasteiger partial charge in [0.1, 0.15) is 5.76 Å². The normalized spacial score (nSPS) is 11.4. The first-order valence-corrected chi connectivity index (χ1v) is 9.06. The highest BCUT2D eigenvalue weighted by Crippen LogP contribution is 2.13. The van der Waals surface area contributed by atoms with Gasteiger partial charge >= 0.3 is 0 Å². The van der Waals surface area contributed by atoms with Gasteiger partial charge < -0.3 is 9.84 Å². The molecule has 0 aliphatic rings. The second-order valence-corrected chi connectivity index (χ2v) is 7.89. The van der Waals surface area contributed by atoms with E-state index in [1.165, 1.54) is 0 Å². The summed E-state index contributed by atoms with van der Waals surface area (Å²) in [6, 6.07) is 7.26. The van der Waals surface area contributed by atoms with Crippen LogP contribution in [0.25, 0.3) is 0 Å². The van der Waals surface area contributed by atoms with E-state index in [4.69, 9.17) is 4.52 Å². The minimum absolute atomic E-state index is 0.0636. The van der Waals surface area contributed by atoms with Crippen molar-refractivity contribution in [2.45, 2.75) is 32.9 Å². The van der Waals surface area contributed by atoms with Gasteiger partial charge in [-0.2, -0.15) is 0 Å². The summed E-state index contributed by atoms with van der Waals surface area (Å²) in [4.78, 5) is 11.8. The molecule has 7 heteroatoms. The first-order chi connectivity index (χ1) is 10.7.